The van der Waals surface area contributed by atoms with Gasteiger partial charge in [0.15, 0.2) is 0 Å². The lowest BCUT2D eigenvalue weighted by atomic mass is 10.0. The van der Waals surface area contributed by atoms with E-state index in [0.717, 1.165) is 22.7 Å². The zero-order valence-electron chi connectivity index (χ0n) is 19.5. The van der Waals surface area contributed by atoms with Gasteiger partial charge in [-0.1, -0.05) is 23.7 Å². The molecule has 0 saturated carbocycles. The third kappa shape index (κ3) is 5.12. The van der Waals surface area contributed by atoms with Crippen LogP contribution in [0.3, 0.4) is 0 Å². The molecule has 3 aromatic rings. The van der Waals surface area contributed by atoms with Gasteiger partial charge in [0.25, 0.3) is 11.1 Å². The predicted octanol–water partition coefficient (Wildman–Crippen LogP) is 5.84. The number of amides is 2. The molecule has 0 bridgehead atoms. The first-order valence-electron chi connectivity index (χ1n) is 11.4. The average molecular weight is 553 g/mol. The van der Waals surface area contributed by atoms with Crippen LogP contribution in [0.5, 0.6) is 0 Å². The van der Waals surface area contributed by atoms with Crippen molar-refractivity contribution in [2.24, 2.45) is 0 Å². The summed E-state index contributed by atoms with van der Waals surface area (Å²) < 4.78 is 56.5. The van der Waals surface area contributed by atoms with E-state index >= 15 is 0 Å². The summed E-state index contributed by atoms with van der Waals surface area (Å²) in [5, 5.41) is 4.39. The second-order valence-electron chi connectivity index (χ2n) is 9.11. The molecule has 194 valence electrons. The minimum absolute atomic E-state index is 0.00619. The number of hydrogen-bond donors (Lipinski definition) is 0. The van der Waals surface area contributed by atoms with E-state index in [4.69, 9.17) is 11.6 Å². The maximum atomic E-state index is 14.6. The molecule has 0 radical (unpaired) electrons. The van der Waals surface area contributed by atoms with Gasteiger partial charge in [0.05, 0.1) is 34.8 Å². The number of piperidine rings is 1. The van der Waals surface area contributed by atoms with Crippen molar-refractivity contribution in [3.05, 3.63) is 69.2 Å². The Bertz CT molecular complexity index is 1420. The zero-order chi connectivity index (χ0) is 26.5. The SMILES string of the molecule is CN1CC[C@H](N2C(=O)S/C(=C\c3ccc4c(cnn4Cc4ccc(Cl)cc4C(F)(F)F)c3)C2=O)[C@H](F)C1. The minimum Gasteiger partial charge on any atom is -0.303 e. The van der Waals surface area contributed by atoms with Crippen LogP contribution in [0.2, 0.25) is 5.02 Å². The highest BCUT2D eigenvalue weighted by molar-refractivity contribution is 8.18. The Hall–Kier alpha value is -2.89. The molecule has 0 N–H and O–H groups in total. The Morgan fingerprint density at radius 2 is 1.97 bits per heavy atom. The van der Waals surface area contributed by atoms with E-state index in [9.17, 15) is 27.2 Å². The van der Waals surface area contributed by atoms with E-state index in [1.54, 1.807) is 31.3 Å². The molecule has 1 aromatic heterocycles. The standard InChI is InChI=1S/C25H21ClF4N4O2S/c1-32-7-6-21(19(27)13-32)34-23(35)22(37-24(34)36)9-14-2-5-20-16(8-14)11-31-33(20)12-15-3-4-17(26)10-18(15)25(28,29)30/h2-5,8-11,19,21H,6-7,12-13H2,1H3/b22-9-/t19-,21+/m1/s1. The number of carbonyl (C=O) groups excluding carboxylic acids is 2. The van der Waals surface area contributed by atoms with Crippen LogP contribution in [-0.2, 0) is 17.5 Å². The number of thioether (sulfide) groups is 1. The van der Waals surface area contributed by atoms with Crippen LogP contribution < -0.4 is 0 Å². The molecule has 3 heterocycles. The number of rotatable bonds is 4. The number of imide groups is 1. The van der Waals surface area contributed by atoms with Gasteiger partial charge in [0, 0.05) is 23.5 Å². The molecule has 37 heavy (non-hydrogen) atoms. The molecular formula is C25H21ClF4N4O2S. The van der Waals surface area contributed by atoms with Gasteiger partial charge < -0.3 is 4.90 Å². The van der Waals surface area contributed by atoms with E-state index in [1.807, 2.05) is 4.90 Å². The van der Waals surface area contributed by atoms with Crippen LogP contribution in [-0.4, -0.2) is 63.1 Å². The van der Waals surface area contributed by atoms with Crippen molar-refractivity contribution in [3.8, 4) is 0 Å². The fraction of sp³-hybridized carbons (Fsp3) is 0.320. The lowest BCUT2D eigenvalue weighted by Crippen LogP contribution is -2.52. The second-order valence-corrected chi connectivity index (χ2v) is 10.5. The third-order valence-corrected chi connectivity index (χ3v) is 7.65. The van der Waals surface area contributed by atoms with Crippen molar-refractivity contribution >= 4 is 51.5 Å². The van der Waals surface area contributed by atoms with Crippen LogP contribution in [0.25, 0.3) is 17.0 Å². The first kappa shape index (κ1) is 25.7. The first-order chi connectivity index (χ1) is 17.5. The molecular weight excluding hydrogens is 532 g/mol. The topological polar surface area (TPSA) is 58.4 Å². The summed E-state index contributed by atoms with van der Waals surface area (Å²) in [6, 6.07) is 7.95. The number of likely N-dealkylation sites (tertiary alicyclic amines) is 1. The molecule has 6 nitrogen and oxygen atoms in total. The molecule has 2 fully saturated rings. The fourth-order valence-electron chi connectivity index (χ4n) is 4.69. The Morgan fingerprint density at radius 1 is 1.19 bits per heavy atom. The summed E-state index contributed by atoms with van der Waals surface area (Å²) in [6.07, 6.45) is -2.42. The Balaban J connectivity index is 1.39. The molecule has 0 unspecified atom stereocenters. The predicted molar refractivity (Wildman–Crippen MR) is 134 cm³/mol. The lowest BCUT2D eigenvalue weighted by molar-refractivity contribution is -0.138. The Kier molecular flexibility index (Phi) is 6.80. The molecule has 0 aliphatic carbocycles. The number of benzene rings is 2. The van der Waals surface area contributed by atoms with Gasteiger partial charge in [-0.3, -0.25) is 19.2 Å². The van der Waals surface area contributed by atoms with Crippen molar-refractivity contribution in [2.45, 2.75) is 31.4 Å². The lowest BCUT2D eigenvalue weighted by Gasteiger charge is -2.36. The van der Waals surface area contributed by atoms with Crippen LogP contribution in [0.1, 0.15) is 23.1 Å². The minimum atomic E-state index is -4.56. The number of nitrogens with zero attached hydrogens (tertiary/aromatic N) is 4. The maximum absolute atomic E-state index is 14.6. The van der Waals surface area contributed by atoms with E-state index in [-0.39, 0.29) is 28.6 Å². The third-order valence-electron chi connectivity index (χ3n) is 6.53. The average Bonchev–Trinajstić information content (AvgIpc) is 3.34. The highest BCUT2D eigenvalue weighted by atomic mass is 35.5. The van der Waals surface area contributed by atoms with Gasteiger partial charge in [-0.05, 0) is 66.7 Å². The molecule has 2 aliphatic heterocycles. The van der Waals surface area contributed by atoms with Gasteiger partial charge in [0.2, 0.25) is 0 Å². The van der Waals surface area contributed by atoms with Crippen molar-refractivity contribution in [1.82, 2.24) is 19.6 Å². The molecule has 2 aliphatic rings. The van der Waals surface area contributed by atoms with Crippen LogP contribution >= 0.6 is 23.4 Å². The number of aromatic nitrogens is 2. The summed E-state index contributed by atoms with van der Waals surface area (Å²) in [7, 11) is 1.79. The molecule has 5 rings (SSSR count). The van der Waals surface area contributed by atoms with Crippen molar-refractivity contribution in [2.75, 3.05) is 20.1 Å². The van der Waals surface area contributed by atoms with E-state index < -0.39 is 35.1 Å². The quantitative estimate of drug-likeness (QED) is 0.301. The Labute approximate surface area is 218 Å². The summed E-state index contributed by atoms with van der Waals surface area (Å²) in [6.45, 7) is 0.633. The van der Waals surface area contributed by atoms with Crippen molar-refractivity contribution < 1.29 is 27.2 Å². The first-order valence-corrected chi connectivity index (χ1v) is 12.6. The molecule has 2 atom stereocenters. The van der Waals surface area contributed by atoms with Crippen LogP contribution in [0.15, 0.2) is 47.5 Å². The fourth-order valence-corrected chi connectivity index (χ4v) is 5.74. The van der Waals surface area contributed by atoms with Crippen molar-refractivity contribution in [1.29, 1.82) is 0 Å². The normalized spacial score (nSPS) is 22.5. The number of hydrogen-bond acceptors (Lipinski definition) is 5. The van der Waals surface area contributed by atoms with Gasteiger partial charge >= 0.3 is 6.18 Å². The summed E-state index contributed by atoms with van der Waals surface area (Å²) in [5.74, 6) is -0.523. The van der Waals surface area contributed by atoms with Crippen LogP contribution in [0, 0.1) is 0 Å². The monoisotopic (exact) mass is 552 g/mol. The highest BCUT2D eigenvalue weighted by Crippen LogP contribution is 2.37. The molecule has 12 heteroatoms. The number of halogens is 5. The summed E-state index contributed by atoms with van der Waals surface area (Å²) in [5.41, 5.74) is 0.413. The number of carbonyl (C=O) groups is 2. The van der Waals surface area contributed by atoms with Gasteiger partial charge in [-0.15, -0.1) is 0 Å². The van der Waals surface area contributed by atoms with Gasteiger partial charge in [-0.25, -0.2) is 4.39 Å². The largest absolute Gasteiger partial charge is 0.416 e. The second kappa shape index (κ2) is 9.77. The smallest absolute Gasteiger partial charge is 0.303 e. The Morgan fingerprint density at radius 3 is 2.70 bits per heavy atom. The highest BCUT2D eigenvalue weighted by Gasteiger charge is 2.44. The zero-order valence-corrected chi connectivity index (χ0v) is 21.1. The van der Waals surface area contributed by atoms with Crippen molar-refractivity contribution in [3.63, 3.8) is 0 Å². The van der Waals surface area contributed by atoms with Crippen LogP contribution in [0.4, 0.5) is 22.4 Å². The van der Waals surface area contributed by atoms with E-state index in [2.05, 4.69) is 5.10 Å². The molecule has 2 amide bonds. The number of fused-ring (bicyclic) bond motifs is 1. The summed E-state index contributed by atoms with van der Waals surface area (Å²) in [4.78, 5) is 28.6. The van der Waals surface area contributed by atoms with E-state index in [0.29, 0.717) is 29.4 Å². The van der Waals surface area contributed by atoms with Gasteiger partial charge in [-0.2, -0.15) is 18.3 Å². The van der Waals surface area contributed by atoms with E-state index in [1.165, 1.54) is 23.0 Å². The molecule has 2 saturated heterocycles. The molecule has 2 aromatic carbocycles. The summed E-state index contributed by atoms with van der Waals surface area (Å²) >= 11 is 6.54. The van der Waals surface area contributed by atoms with Gasteiger partial charge in [0.1, 0.15) is 6.17 Å². The molecule has 0 spiro atoms. The maximum Gasteiger partial charge on any atom is 0.416 e. The number of alkyl halides is 4.